The number of oxazole rings is 1. The summed E-state index contributed by atoms with van der Waals surface area (Å²) in [6.07, 6.45) is 3.24. The molecule has 1 aromatic heterocycles. The van der Waals surface area contributed by atoms with Crippen LogP contribution in [0.3, 0.4) is 0 Å². The van der Waals surface area contributed by atoms with Gasteiger partial charge in [-0.05, 0) is 42.0 Å². The fourth-order valence-electron chi connectivity index (χ4n) is 2.30. The Bertz CT molecular complexity index is 853. The van der Waals surface area contributed by atoms with E-state index in [9.17, 15) is 0 Å². The first-order chi connectivity index (χ1) is 12.7. The van der Waals surface area contributed by atoms with E-state index >= 15 is 0 Å². The highest BCUT2D eigenvalue weighted by molar-refractivity contribution is 5.79. The zero-order valence-electron chi connectivity index (χ0n) is 15.0. The van der Waals surface area contributed by atoms with Crippen LogP contribution in [0.1, 0.15) is 11.3 Å². The van der Waals surface area contributed by atoms with Crippen molar-refractivity contribution in [3.8, 4) is 17.2 Å². The molecule has 0 saturated carbocycles. The first kappa shape index (κ1) is 17.5. The zero-order valence-corrected chi connectivity index (χ0v) is 15.0. The van der Waals surface area contributed by atoms with E-state index in [0.717, 1.165) is 22.6 Å². The van der Waals surface area contributed by atoms with Crippen LogP contribution in [-0.4, -0.2) is 32.4 Å². The van der Waals surface area contributed by atoms with E-state index in [2.05, 4.69) is 10.1 Å². The van der Waals surface area contributed by atoms with Crippen molar-refractivity contribution in [3.63, 3.8) is 0 Å². The highest BCUT2D eigenvalue weighted by Gasteiger charge is 2.07. The Labute approximate surface area is 152 Å². The number of ether oxygens (including phenoxy) is 1. The third kappa shape index (κ3) is 4.42. The van der Waals surface area contributed by atoms with E-state index in [1.165, 1.54) is 0 Å². The van der Waals surface area contributed by atoms with E-state index in [1.807, 2.05) is 67.5 Å². The van der Waals surface area contributed by atoms with E-state index in [4.69, 9.17) is 14.0 Å². The van der Waals surface area contributed by atoms with Crippen molar-refractivity contribution in [3.05, 3.63) is 66.1 Å². The molecule has 0 spiro atoms. The van der Waals surface area contributed by atoms with Crippen molar-refractivity contribution >= 4 is 11.9 Å². The zero-order chi connectivity index (χ0) is 18.4. The highest BCUT2D eigenvalue weighted by atomic mass is 16.6. The van der Waals surface area contributed by atoms with Crippen LogP contribution < -0.4 is 9.64 Å². The van der Waals surface area contributed by atoms with Crippen molar-refractivity contribution in [1.29, 1.82) is 0 Å². The number of methoxy groups -OCH3 is 1. The number of rotatable bonds is 7. The van der Waals surface area contributed by atoms with Crippen LogP contribution >= 0.6 is 0 Å². The van der Waals surface area contributed by atoms with Crippen LogP contribution in [0, 0.1) is 0 Å². The lowest BCUT2D eigenvalue weighted by molar-refractivity contribution is 0.129. The average Bonchev–Trinajstić information content (AvgIpc) is 3.14. The Morgan fingerprint density at radius 3 is 2.46 bits per heavy atom. The second-order valence-corrected chi connectivity index (χ2v) is 5.87. The number of anilines is 1. The van der Waals surface area contributed by atoms with Gasteiger partial charge in [0.1, 0.15) is 17.7 Å². The number of nitrogens with zero attached hydrogens (tertiary/aromatic N) is 3. The Kier molecular flexibility index (Phi) is 5.53. The van der Waals surface area contributed by atoms with Gasteiger partial charge < -0.3 is 18.9 Å². The molecule has 3 aromatic rings. The van der Waals surface area contributed by atoms with Gasteiger partial charge in [0.15, 0.2) is 6.61 Å². The fraction of sp³-hybridized carbons (Fsp3) is 0.200. The standard InChI is InChI=1S/C20H21N3O3/c1-23(2)18-8-4-15(5-9-18)12-21-26-14-17-13-25-20(22-17)16-6-10-19(24-3)11-7-16/h4-13H,14H2,1-3H3/b21-12+. The van der Waals surface area contributed by atoms with Gasteiger partial charge in [-0.15, -0.1) is 0 Å². The normalized spacial score (nSPS) is 10.9. The summed E-state index contributed by atoms with van der Waals surface area (Å²) in [7, 11) is 5.64. The SMILES string of the molecule is COc1ccc(-c2nc(CO/N=C/c3ccc(N(C)C)cc3)co2)cc1. The third-order valence-corrected chi connectivity index (χ3v) is 3.79. The molecule has 134 valence electrons. The Hall–Kier alpha value is -3.28. The topological polar surface area (TPSA) is 60.1 Å². The van der Waals surface area contributed by atoms with Crippen LogP contribution in [0.2, 0.25) is 0 Å². The Morgan fingerprint density at radius 1 is 1.08 bits per heavy atom. The molecule has 0 aliphatic heterocycles. The molecule has 0 aliphatic carbocycles. The lowest BCUT2D eigenvalue weighted by Gasteiger charge is -2.11. The minimum atomic E-state index is 0.242. The number of hydrogen-bond acceptors (Lipinski definition) is 6. The molecule has 3 rings (SSSR count). The third-order valence-electron chi connectivity index (χ3n) is 3.79. The van der Waals surface area contributed by atoms with Gasteiger partial charge in [-0.1, -0.05) is 17.3 Å². The summed E-state index contributed by atoms with van der Waals surface area (Å²) < 4.78 is 10.6. The number of hydrogen-bond donors (Lipinski definition) is 0. The number of aromatic nitrogens is 1. The summed E-state index contributed by atoms with van der Waals surface area (Å²) in [6.45, 7) is 0.242. The Morgan fingerprint density at radius 2 is 1.81 bits per heavy atom. The second kappa shape index (κ2) is 8.20. The van der Waals surface area contributed by atoms with Gasteiger partial charge in [-0.25, -0.2) is 4.98 Å². The minimum absolute atomic E-state index is 0.242. The molecule has 0 atom stereocenters. The van der Waals surface area contributed by atoms with Gasteiger partial charge >= 0.3 is 0 Å². The molecule has 0 fully saturated rings. The van der Waals surface area contributed by atoms with Crippen LogP contribution in [0.15, 0.2) is 64.4 Å². The largest absolute Gasteiger partial charge is 0.497 e. The summed E-state index contributed by atoms with van der Waals surface area (Å²) in [4.78, 5) is 11.7. The molecule has 0 amide bonds. The van der Waals surface area contributed by atoms with Crippen LogP contribution in [0.25, 0.3) is 11.5 Å². The highest BCUT2D eigenvalue weighted by Crippen LogP contribution is 2.22. The summed E-state index contributed by atoms with van der Waals surface area (Å²) in [6, 6.07) is 15.5. The molecule has 6 nitrogen and oxygen atoms in total. The molecule has 6 heteroatoms. The minimum Gasteiger partial charge on any atom is -0.497 e. The molecule has 0 unspecified atom stereocenters. The molecule has 0 N–H and O–H groups in total. The van der Waals surface area contributed by atoms with Gasteiger partial charge in [0.2, 0.25) is 5.89 Å². The molecule has 0 radical (unpaired) electrons. The van der Waals surface area contributed by atoms with Gasteiger partial charge in [-0.2, -0.15) is 0 Å². The van der Waals surface area contributed by atoms with Crippen molar-refractivity contribution in [2.75, 3.05) is 26.1 Å². The molecule has 2 aromatic carbocycles. The summed E-state index contributed by atoms with van der Waals surface area (Å²) in [5.74, 6) is 1.33. The van der Waals surface area contributed by atoms with E-state index in [1.54, 1.807) is 19.6 Å². The first-order valence-corrected chi connectivity index (χ1v) is 8.17. The quantitative estimate of drug-likeness (QED) is 0.476. The lowest BCUT2D eigenvalue weighted by atomic mass is 10.2. The van der Waals surface area contributed by atoms with Gasteiger partial charge in [0, 0.05) is 25.3 Å². The molecule has 26 heavy (non-hydrogen) atoms. The van der Waals surface area contributed by atoms with Crippen LogP contribution in [0.4, 0.5) is 5.69 Å². The number of benzene rings is 2. The van der Waals surface area contributed by atoms with E-state index < -0.39 is 0 Å². The van der Waals surface area contributed by atoms with Gasteiger partial charge in [0.25, 0.3) is 0 Å². The van der Waals surface area contributed by atoms with Crippen molar-refractivity contribution in [2.24, 2.45) is 5.16 Å². The maximum atomic E-state index is 5.49. The smallest absolute Gasteiger partial charge is 0.226 e. The summed E-state index contributed by atoms with van der Waals surface area (Å²) in [5, 5.41) is 3.98. The fourth-order valence-corrected chi connectivity index (χ4v) is 2.30. The summed E-state index contributed by atoms with van der Waals surface area (Å²) >= 11 is 0. The molecule has 1 heterocycles. The molecule has 0 saturated heterocycles. The predicted octanol–water partition coefficient (Wildman–Crippen LogP) is 3.97. The Balaban J connectivity index is 1.54. The van der Waals surface area contributed by atoms with E-state index in [-0.39, 0.29) is 6.61 Å². The second-order valence-electron chi connectivity index (χ2n) is 5.87. The van der Waals surface area contributed by atoms with Crippen LogP contribution in [-0.2, 0) is 11.4 Å². The number of oxime groups is 1. The maximum Gasteiger partial charge on any atom is 0.226 e. The predicted molar refractivity (Wildman–Crippen MR) is 102 cm³/mol. The van der Waals surface area contributed by atoms with Crippen molar-refractivity contribution in [2.45, 2.75) is 6.61 Å². The monoisotopic (exact) mass is 351 g/mol. The molecular weight excluding hydrogens is 330 g/mol. The van der Waals surface area contributed by atoms with Gasteiger partial charge in [0.05, 0.1) is 13.3 Å². The van der Waals surface area contributed by atoms with E-state index in [0.29, 0.717) is 11.6 Å². The molecule has 0 bridgehead atoms. The summed E-state index contributed by atoms with van der Waals surface area (Å²) in [5.41, 5.74) is 3.66. The maximum absolute atomic E-state index is 5.49. The molecule has 0 aliphatic rings. The van der Waals surface area contributed by atoms with Crippen molar-refractivity contribution in [1.82, 2.24) is 4.98 Å². The van der Waals surface area contributed by atoms with Crippen LogP contribution in [0.5, 0.6) is 5.75 Å². The molecular formula is C20H21N3O3. The lowest BCUT2D eigenvalue weighted by Crippen LogP contribution is -2.08. The van der Waals surface area contributed by atoms with Gasteiger partial charge in [-0.3, -0.25) is 0 Å². The average molecular weight is 351 g/mol. The first-order valence-electron chi connectivity index (χ1n) is 8.17. The van der Waals surface area contributed by atoms with Crippen molar-refractivity contribution < 1.29 is 14.0 Å².